The van der Waals surface area contributed by atoms with E-state index in [4.69, 9.17) is 6.42 Å². The van der Waals surface area contributed by atoms with E-state index in [-0.39, 0.29) is 11.4 Å². The van der Waals surface area contributed by atoms with Crippen molar-refractivity contribution >= 4 is 26.8 Å². The first-order chi connectivity index (χ1) is 11.9. The fourth-order valence-corrected chi connectivity index (χ4v) is 4.02. The molecule has 1 aliphatic heterocycles. The number of aromatic nitrogens is 2. The molecule has 1 aliphatic rings. The third-order valence-corrected chi connectivity index (χ3v) is 5.48. The van der Waals surface area contributed by atoms with Crippen LogP contribution in [0, 0.1) is 12.3 Å². The number of carbonyl (C=O) groups is 1. The van der Waals surface area contributed by atoms with Gasteiger partial charge in [-0.15, -0.1) is 12.3 Å². The van der Waals surface area contributed by atoms with E-state index in [0.29, 0.717) is 30.2 Å². The van der Waals surface area contributed by atoms with Gasteiger partial charge in [-0.1, -0.05) is 12.1 Å². The number of rotatable bonds is 7. The van der Waals surface area contributed by atoms with Gasteiger partial charge in [0.1, 0.15) is 0 Å². The lowest BCUT2D eigenvalue weighted by Gasteiger charge is -2.10. The van der Waals surface area contributed by atoms with Crippen molar-refractivity contribution < 1.29 is 13.2 Å². The molecule has 0 fully saturated rings. The Bertz CT molecular complexity index is 994. The molecule has 1 amide bonds. The summed E-state index contributed by atoms with van der Waals surface area (Å²) in [5.41, 5.74) is -0.0752. The Hall–Kier alpha value is -2.73. The van der Waals surface area contributed by atoms with Crippen LogP contribution in [-0.2, 0) is 21.9 Å². The van der Waals surface area contributed by atoms with Gasteiger partial charge in [-0.3, -0.25) is 9.48 Å². The van der Waals surface area contributed by atoms with Crippen molar-refractivity contribution in [2.75, 3.05) is 0 Å². The quantitative estimate of drug-likeness (QED) is 0.760. The lowest BCUT2D eigenvalue weighted by Crippen LogP contribution is -2.32. The molecule has 130 valence electrons. The van der Waals surface area contributed by atoms with Gasteiger partial charge in [-0.05, 0) is 12.1 Å². The van der Waals surface area contributed by atoms with Crippen LogP contribution >= 0.6 is 0 Å². The Morgan fingerprint density at radius 2 is 2.04 bits per heavy atom. The second kappa shape index (κ2) is 6.29. The summed E-state index contributed by atoms with van der Waals surface area (Å²) in [6, 6.07) is 6.85. The number of nitrogens with zero attached hydrogens (tertiary/aromatic N) is 4. The number of aryl methyl sites for hydroxylation is 1. The van der Waals surface area contributed by atoms with E-state index in [0.717, 1.165) is 0 Å². The van der Waals surface area contributed by atoms with Gasteiger partial charge in [0.05, 0.1) is 5.52 Å². The Labute approximate surface area is 145 Å². The molecular formula is C16H17N5O3S. The number of sulfonamides is 1. The molecule has 1 N–H and O–H groups in total. The summed E-state index contributed by atoms with van der Waals surface area (Å²) >= 11 is 0. The van der Waals surface area contributed by atoms with Gasteiger partial charge in [0.15, 0.2) is 10.7 Å². The number of terminal acetylenes is 1. The summed E-state index contributed by atoms with van der Waals surface area (Å²) < 4.78 is 28.5. The first-order valence-electron chi connectivity index (χ1n) is 7.72. The third-order valence-electron chi connectivity index (χ3n) is 3.99. The van der Waals surface area contributed by atoms with Crippen LogP contribution in [0.15, 0.2) is 39.5 Å². The van der Waals surface area contributed by atoms with Crippen molar-refractivity contribution in [3.05, 3.63) is 24.3 Å². The van der Waals surface area contributed by atoms with Gasteiger partial charge in [-0.25, -0.2) is 4.72 Å². The second-order valence-electron chi connectivity index (χ2n) is 5.86. The van der Waals surface area contributed by atoms with Gasteiger partial charge in [0.25, 0.3) is 10.0 Å². The molecule has 2 heterocycles. The van der Waals surface area contributed by atoms with Crippen LogP contribution in [0.3, 0.4) is 0 Å². The first kappa shape index (κ1) is 17.1. The molecule has 0 saturated carbocycles. The van der Waals surface area contributed by atoms with Crippen molar-refractivity contribution in [2.45, 2.75) is 36.4 Å². The minimum Gasteiger partial charge on any atom is -0.274 e. The Kier molecular flexibility index (Phi) is 4.30. The van der Waals surface area contributed by atoms with Gasteiger partial charge in [-0.2, -0.15) is 23.7 Å². The molecule has 0 bridgehead atoms. The van der Waals surface area contributed by atoms with E-state index in [1.165, 1.54) is 11.7 Å². The SMILES string of the molecule is C#CCCC1(CCC(=O)NS(=O)(=O)c2c3ccccc3nn2C)N=N1. The molecule has 1 aromatic carbocycles. The van der Waals surface area contributed by atoms with Crippen molar-refractivity contribution in [3.63, 3.8) is 0 Å². The molecule has 0 unspecified atom stereocenters. The maximum Gasteiger partial charge on any atom is 0.281 e. The zero-order valence-corrected chi connectivity index (χ0v) is 14.5. The van der Waals surface area contributed by atoms with Crippen LogP contribution in [0.5, 0.6) is 0 Å². The molecule has 1 aromatic heterocycles. The third kappa shape index (κ3) is 3.53. The Morgan fingerprint density at radius 1 is 1.32 bits per heavy atom. The minimum atomic E-state index is -4.03. The average molecular weight is 359 g/mol. The number of amides is 1. The molecule has 0 saturated heterocycles. The van der Waals surface area contributed by atoms with Gasteiger partial charge in [0.2, 0.25) is 5.91 Å². The topological polar surface area (TPSA) is 106 Å². The highest BCUT2D eigenvalue weighted by Gasteiger charge is 2.39. The maximum atomic E-state index is 12.6. The highest BCUT2D eigenvalue weighted by Crippen LogP contribution is 2.37. The molecule has 2 aromatic rings. The lowest BCUT2D eigenvalue weighted by molar-refractivity contribution is -0.119. The molecule has 0 atom stereocenters. The molecular weight excluding hydrogens is 342 g/mol. The van der Waals surface area contributed by atoms with E-state index >= 15 is 0 Å². The van der Waals surface area contributed by atoms with Gasteiger partial charge in [0, 0.05) is 38.1 Å². The number of carbonyl (C=O) groups excluding carboxylic acids is 1. The molecule has 9 heteroatoms. The van der Waals surface area contributed by atoms with Crippen molar-refractivity contribution in [1.82, 2.24) is 14.5 Å². The standard InChI is InChI=1S/C16H17N5O3S/c1-3-4-10-16(19-20-16)11-9-14(22)18-25(23,24)15-12-7-5-6-8-13(12)17-21(15)2/h1,5-8H,4,9-11H2,2H3,(H,18,22). The first-order valence-corrected chi connectivity index (χ1v) is 9.20. The van der Waals surface area contributed by atoms with Crippen molar-refractivity contribution in [3.8, 4) is 12.3 Å². The minimum absolute atomic E-state index is 0.00736. The number of benzene rings is 1. The summed E-state index contributed by atoms with van der Waals surface area (Å²) in [6.07, 6.45) is 6.62. The number of hydrogen-bond acceptors (Lipinski definition) is 6. The van der Waals surface area contributed by atoms with E-state index in [2.05, 4.69) is 26.0 Å². The summed E-state index contributed by atoms with van der Waals surface area (Å²) in [5, 5.41) is 12.4. The van der Waals surface area contributed by atoms with E-state index in [1.54, 1.807) is 24.3 Å². The van der Waals surface area contributed by atoms with Crippen molar-refractivity contribution in [1.29, 1.82) is 0 Å². The summed E-state index contributed by atoms with van der Waals surface area (Å²) in [6.45, 7) is 0. The highest BCUT2D eigenvalue weighted by molar-refractivity contribution is 7.90. The maximum absolute atomic E-state index is 12.6. The van der Waals surface area contributed by atoms with Crippen LogP contribution in [0.25, 0.3) is 10.9 Å². The molecule has 0 spiro atoms. The average Bonchev–Trinajstić information content (AvgIpc) is 3.24. The summed E-state index contributed by atoms with van der Waals surface area (Å²) in [7, 11) is -2.51. The zero-order valence-electron chi connectivity index (χ0n) is 13.6. The largest absolute Gasteiger partial charge is 0.281 e. The van der Waals surface area contributed by atoms with Crippen LogP contribution in [0.2, 0.25) is 0 Å². The monoisotopic (exact) mass is 359 g/mol. The second-order valence-corrected chi connectivity index (χ2v) is 7.46. The van der Waals surface area contributed by atoms with Crippen LogP contribution in [0.4, 0.5) is 0 Å². The smallest absolute Gasteiger partial charge is 0.274 e. The fraction of sp³-hybridized carbons (Fsp3) is 0.375. The van der Waals surface area contributed by atoms with Crippen molar-refractivity contribution in [2.24, 2.45) is 17.3 Å². The summed E-state index contributed by atoms with van der Waals surface area (Å²) in [4.78, 5) is 12.1. The predicted octanol–water partition coefficient (Wildman–Crippen LogP) is 1.73. The lowest BCUT2D eigenvalue weighted by atomic mass is 10.0. The van der Waals surface area contributed by atoms with E-state index in [9.17, 15) is 13.2 Å². The van der Waals surface area contributed by atoms with E-state index < -0.39 is 21.6 Å². The number of fused-ring (bicyclic) bond motifs is 1. The van der Waals surface area contributed by atoms with Crippen LogP contribution in [-0.4, -0.2) is 29.8 Å². The van der Waals surface area contributed by atoms with Crippen LogP contribution in [0.1, 0.15) is 25.7 Å². The fourth-order valence-electron chi connectivity index (χ4n) is 2.67. The van der Waals surface area contributed by atoms with E-state index in [1.807, 2.05) is 0 Å². The zero-order chi connectivity index (χ0) is 18.1. The molecule has 8 nitrogen and oxygen atoms in total. The predicted molar refractivity (Wildman–Crippen MR) is 90.9 cm³/mol. The normalized spacial score (nSPS) is 15.0. The van der Waals surface area contributed by atoms with Crippen LogP contribution < -0.4 is 4.72 Å². The summed E-state index contributed by atoms with van der Waals surface area (Å²) in [5.74, 6) is 1.90. The number of nitrogens with one attached hydrogen (secondary N) is 1. The number of hydrogen-bond donors (Lipinski definition) is 1. The Morgan fingerprint density at radius 3 is 2.72 bits per heavy atom. The highest BCUT2D eigenvalue weighted by atomic mass is 32.2. The molecule has 25 heavy (non-hydrogen) atoms. The Balaban J connectivity index is 1.70. The molecule has 0 radical (unpaired) electrons. The molecule has 3 rings (SSSR count). The van der Waals surface area contributed by atoms with Gasteiger partial charge < -0.3 is 0 Å². The van der Waals surface area contributed by atoms with Gasteiger partial charge >= 0.3 is 0 Å². The molecule has 0 aliphatic carbocycles.